The van der Waals surface area contributed by atoms with E-state index < -0.39 is 15.6 Å². The number of rotatable bonds is 5. The summed E-state index contributed by atoms with van der Waals surface area (Å²) in [6.45, 7) is 11.6. The summed E-state index contributed by atoms with van der Waals surface area (Å²) in [5.41, 5.74) is -0.796. The van der Waals surface area contributed by atoms with Crippen molar-refractivity contribution < 1.29 is 13.2 Å². The first kappa shape index (κ1) is 17.6. The van der Waals surface area contributed by atoms with Crippen LogP contribution in [0.15, 0.2) is 0 Å². The average molecular weight is 277 g/mol. The molecule has 0 aliphatic heterocycles. The lowest BCUT2D eigenvalue weighted by atomic mass is 9.88. The van der Waals surface area contributed by atoms with Crippen LogP contribution >= 0.6 is 0 Å². The number of ketones is 1. The van der Waals surface area contributed by atoms with Crippen molar-refractivity contribution in [2.24, 2.45) is 5.41 Å². The van der Waals surface area contributed by atoms with E-state index in [9.17, 15) is 13.2 Å². The molecule has 0 atom stereocenters. The van der Waals surface area contributed by atoms with E-state index in [1.165, 1.54) is 10.6 Å². The molecule has 0 amide bonds. The van der Waals surface area contributed by atoms with Crippen LogP contribution in [0.5, 0.6) is 0 Å². The quantitative estimate of drug-likeness (QED) is 0.775. The highest BCUT2D eigenvalue weighted by molar-refractivity contribution is 7.88. The Labute approximate surface area is 112 Å². The second-order valence-electron chi connectivity index (χ2n) is 6.78. The van der Waals surface area contributed by atoms with Crippen molar-refractivity contribution in [2.45, 2.75) is 59.9 Å². The third-order valence-corrected chi connectivity index (χ3v) is 4.28. The van der Waals surface area contributed by atoms with E-state index >= 15 is 0 Å². The fourth-order valence-corrected chi connectivity index (χ4v) is 3.21. The van der Waals surface area contributed by atoms with Gasteiger partial charge in [-0.3, -0.25) is 4.79 Å². The zero-order valence-corrected chi connectivity index (χ0v) is 13.5. The smallest absolute Gasteiger partial charge is 0.211 e. The van der Waals surface area contributed by atoms with E-state index in [-0.39, 0.29) is 11.2 Å². The molecule has 0 saturated carbocycles. The van der Waals surface area contributed by atoms with Gasteiger partial charge in [0.05, 0.1) is 6.26 Å². The van der Waals surface area contributed by atoms with E-state index in [1.807, 2.05) is 41.5 Å². The number of carbonyl (C=O) groups excluding carboxylic acids is 1. The highest BCUT2D eigenvalue weighted by atomic mass is 32.2. The fourth-order valence-electron chi connectivity index (χ4n) is 1.76. The number of hydrogen-bond donors (Lipinski definition) is 0. The molecule has 0 aliphatic rings. The molecule has 4 nitrogen and oxygen atoms in total. The Balaban J connectivity index is 4.55. The van der Waals surface area contributed by atoms with Crippen LogP contribution in [-0.4, -0.2) is 36.8 Å². The maximum absolute atomic E-state index is 11.8. The first-order valence-electron chi connectivity index (χ1n) is 6.27. The van der Waals surface area contributed by atoms with Crippen LogP contribution in [0, 0.1) is 5.41 Å². The lowest BCUT2D eigenvalue weighted by Crippen LogP contribution is -2.45. The predicted octanol–water partition coefficient (Wildman–Crippen LogP) is 2.44. The highest BCUT2D eigenvalue weighted by Crippen LogP contribution is 2.21. The molecule has 0 spiro atoms. The van der Waals surface area contributed by atoms with Gasteiger partial charge in [-0.2, -0.15) is 4.31 Å². The van der Waals surface area contributed by atoms with Crippen LogP contribution in [-0.2, 0) is 14.8 Å². The summed E-state index contributed by atoms with van der Waals surface area (Å²) < 4.78 is 24.8. The normalized spacial score (nSPS) is 14.0. The second-order valence-corrected chi connectivity index (χ2v) is 8.69. The van der Waals surface area contributed by atoms with Gasteiger partial charge in [0.2, 0.25) is 10.0 Å². The Kier molecular flexibility index (Phi) is 5.56. The summed E-state index contributed by atoms with van der Waals surface area (Å²) in [7, 11) is -3.23. The summed E-state index contributed by atoms with van der Waals surface area (Å²) in [5, 5.41) is 0. The number of Topliss-reactive ketones (excluding diaryl/α,β-unsaturated/α-hetero) is 1. The molecular weight excluding hydrogens is 250 g/mol. The maximum Gasteiger partial charge on any atom is 0.211 e. The molecule has 0 rings (SSSR count). The number of hydrogen-bond acceptors (Lipinski definition) is 3. The van der Waals surface area contributed by atoms with Gasteiger partial charge in [-0.15, -0.1) is 0 Å². The zero-order valence-electron chi connectivity index (χ0n) is 12.7. The molecule has 0 heterocycles. The Hall–Kier alpha value is -0.420. The van der Waals surface area contributed by atoms with E-state index in [0.29, 0.717) is 19.4 Å². The van der Waals surface area contributed by atoms with Gasteiger partial charge in [-0.1, -0.05) is 20.8 Å². The van der Waals surface area contributed by atoms with Crippen molar-refractivity contribution in [1.29, 1.82) is 0 Å². The highest BCUT2D eigenvalue weighted by Gasteiger charge is 2.29. The van der Waals surface area contributed by atoms with Crippen molar-refractivity contribution in [3.8, 4) is 0 Å². The third-order valence-electron chi connectivity index (χ3n) is 2.75. The van der Waals surface area contributed by atoms with Crippen molar-refractivity contribution >= 4 is 15.8 Å². The lowest BCUT2D eigenvalue weighted by molar-refractivity contribution is -0.126. The molecule has 0 radical (unpaired) electrons. The lowest BCUT2D eigenvalue weighted by Gasteiger charge is -2.33. The molecule has 0 fully saturated rings. The molecule has 18 heavy (non-hydrogen) atoms. The van der Waals surface area contributed by atoms with Gasteiger partial charge in [0.15, 0.2) is 0 Å². The van der Waals surface area contributed by atoms with Gasteiger partial charge >= 0.3 is 0 Å². The van der Waals surface area contributed by atoms with E-state index in [1.54, 1.807) is 0 Å². The van der Waals surface area contributed by atoms with E-state index in [0.717, 1.165) is 0 Å². The molecule has 0 N–H and O–H groups in total. The van der Waals surface area contributed by atoms with Gasteiger partial charge < -0.3 is 0 Å². The topological polar surface area (TPSA) is 54.5 Å². The standard InChI is InChI=1S/C13H27NO3S/c1-12(2,3)11(15)9-8-10-14(13(4,5)6)18(7,16)17/h8-10H2,1-7H3. The van der Waals surface area contributed by atoms with Crippen molar-refractivity contribution in [3.63, 3.8) is 0 Å². The van der Waals surface area contributed by atoms with Gasteiger partial charge in [0.25, 0.3) is 0 Å². The van der Waals surface area contributed by atoms with Crippen LogP contribution in [0.25, 0.3) is 0 Å². The SMILES string of the molecule is CC(C)(C)C(=O)CCCN(C(C)(C)C)S(C)(=O)=O. The largest absolute Gasteiger partial charge is 0.299 e. The van der Waals surface area contributed by atoms with E-state index in [2.05, 4.69) is 0 Å². The average Bonchev–Trinajstić information content (AvgIpc) is 2.05. The zero-order chi connectivity index (χ0) is 14.8. The predicted molar refractivity (Wildman–Crippen MR) is 75.0 cm³/mol. The van der Waals surface area contributed by atoms with Crippen molar-refractivity contribution in [1.82, 2.24) is 4.31 Å². The molecule has 0 aromatic carbocycles. The Morgan fingerprint density at radius 1 is 1.06 bits per heavy atom. The molecule has 0 bridgehead atoms. The van der Waals surface area contributed by atoms with Gasteiger partial charge in [-0.05, 0) is 27.2 Å². The summed E-state index contributed by atoms with van der Waals surface area (Å²) >= 11 is 0. The molecule has 0 aromatic heterocycles. The van der Waals surface area contributed by atoms with Crippen LogP contribution in [0.4, 0.5) is 0 Å². The number of sulfonamides is 1. The van der Waals surface area contributed by atoms with Crippen LogP contribution in [0.1, 0.15) is 54.4 Å². The fraction of sp³-hybridized carbons (Fsp3) is 0.923. The Morgan fingerprint density at radius 3 is 1.78 bits per heavy atom. The first-order chi connectivity index (χ1) is 7.76. The Morgan fingerprint density at radius 2 is 1.50 bits per heavy atom. The van der Waals surface area contributed by atoms with E-state index in [4.69, 9.17) is 0 Å². The van der Waals surface area contributed by atoms with Gasteiger partial charge in [0.1, 0.15) is 5.78 Å². The monoisotopic (exact) mass is 277 g/mol. The summed E-state index contributed by atoms with van der Waals surface area (Å²) in [6, 6.07) is 0. The van der Waals surface area contributed by atoms with Gasteiger partial charge in [0, 0.05) is 23.9 Å². The minimum atomic E-state index is -3.23. The van der Waals surface area contributed by atoms with Crippen LogP contribution in [0.2, 0.25) is 0 Å². The first-order valence-corrected chi connectivity index (χ1v) is 8.12. The summed E-state index contributed by atoms with van der Waals surface area (Å²) in [4.78, 5) is 11.8. The third kappa shape index (κ3) is 5.96. The summed E-state index contributed by atoms with van der Waals surface area (Å²) in [5.74, 6) is 0.171. The molecule has 0 aliphatic carbocycles. The van der Waals surface area contributed by atoms with Crippen LogP contribution < -0.4 is 0 Å². The molecule has 5 heteroatoms. The molecule has 0 aromatic rings. The number of carbonyl (C=O) groups is 1. The Bertz CT molecular complexity index is 385. The molecule has 108 valence electrons. The number of nitrogens with zero attached hydrogens (tertiary/aromatic N) is 1. The van der Waals surface area contributed by atoms with Crippen molar-refractivity contribution in [3.05, 3.63) is 0 Å². The summed E-state index contributed by atoms with van der Waals surface area (Å²) in [6.07, 6.45) is 2.20. The van der Waals surface area contributed by atoms with Crippen LogP contribution in [0.3, 0.4) is 0 Å². The minimum absolute atomic E-state index is 0.171. The minimum Gasteiger partial charge on any atom is -0.299 e. The molecular formula is C13H27NO3S. The van der Waals surface area contributed by atoms with Gasteiger partial charge in [-0.25, -0.2) is 8.42 Å². The maximum atomic E-state index is 11.8. The van der Waals surface area contributed by atoms with Crippen molar-refractivity contribution in [2.75, 3.05) is 12.8 Å². The second kappa shape index (κ2) is 5.70. The molecule has 0 saturated heterocycles. The molecule has 0 unspecified atom stereocenters.